The van der Waals surface area contributed by atoms with Crippen LogP contribution in [0.2, 0.25) is 0 Å². The average molecular weight is 237 g/mol. The minimum absolute atomic E-state index is 0.222. The van der Waals surface area contributed by atoms with E-state index in [0.29, 0.717) is 18.3 Å². The molecule has 0 spiro atoms. The fraction of sp³-hybridized carbons (Fsp3) is 0.571. The number of piperidine rings is 1. The molecule has 0 N–H and O–H groups in total. The second-order valence-electron chi connectivity index (χ2n) is 5.05. The molecule has 1 fully saturated rings. The highest BCUT2D eigenvalue weighted by atomic mass is 19.1. The van der Waals surface area contributed by atoms with Gasteiger partial charge in [-0.3, -0.25) is 0 Å². The molecule has 0 aromatic heterocycles. The van der Waals surface area contributed by atoms with Gasteiger partial charge in [0.05, 0.1) is 6.61 Å². The van der Waals surface area contributed by atoms with Crippen molar-refractivity contribution in [3.8, 4) is 5.75 Å². The Balaban J connectivity index is 1.88. The Kier molecular flexibility index (Phi) is 4.00. The fourth-order valence-electron chi connectivity index (χ4n) is 2.41. The van der Waals surface area contributed by atoms with Crippen LogP contribution in [0.5, 0.6) is 5.75 Å². The van der Waals surface area contributed by atoms with Gasteiger partial charge in [0, 0.05) is 18.5 Å². The molecule has 1 heterocycles. The number of benzene rings is 1. The van der Waals surface area contributed by atoms with E-state index in [1.165, 1.54) is 31.5 Å². The van der Waals surface area contributed by atoms with E-state index in [1.54, 1.807) is 0 Å². The topological polar surface area (TPSA) is 12.5 Å². The zero-order valence-electron chi connectivity index (χ0n) is 10.6. The van der Waals surface area contributed by atoms with Crippen molar-refractivity contribution in [1.29, 1.82) is 0 Å². The van der Waals surface area contributed by atoms with Crippen LogP contribution >= 0.6 is 0 Å². The summed E-state index contributed by atoms with van der Waals surface area (Å²) < 4.78 is 18.9. The second-order valence-corrected chi connectivity index (χ2v) is 5.05. The molecule has 1 aliphatic heterocycles. The number of hydrogen-bond donors (Lipinski definition) is 0. The zero-order chi connectivity index (χ0) is 12.3. The number of halogens is 1. The molecule has 1 aromatic rings. The molecule has 0 aliphatic carbocycles. The number of ether oxygens (including phenoxy) is 1. The summed E-state index contributed by atoms with van der Waals surface area (Å²) in [5.41, 5.74) is 0.903. The Morgan fingerprint density at radius 2 is 2.24 bits per heavy atom. The molecule has 0 saturated carbocycles. The molecule has 2 nitrogen and oxygen atoms in total. The number of aryl methyl sites for hydroxylation is 1. The van der Waals surface area contributed by atoms with Gasteiger partial charge in [-0.25, -0.2) is 4.39 Å². The van der Waals surface area contributed by atoms with Crippen LogP contribution in [0.25, 0.3) is 0 Å². The van der Waals surface area contributed by atoms with E-state index in [4.69, 9.17) is 4.74 Å². The number of hydrogen-bond acceptors (Lipinski definition) is 2. The number of likely N-dealkylation sites (tertiary alicyclic amines) is 1. The van der Waals surface area contributed by atoms with Crippen molar-refractivity contribution in [1.82, 2.24) is 4.90 Å². The van der Waals surface area contributed by atoms with E-state index in [9.17, 15) is 4.39 Å². The first kappa shape index (κ1) is 12.4. The van der Waals surface area contributed by atoms with Crippen molar-refractivity contribution in [3.63, 3.8) is 0 Å². The van der Waals surface area contributed by atoms with Gasteiger partial charge >= 0.3 is 0 Å². The van der Waals surface area contributed by atoms with Crippen molar-refractivity contribution in [2.75, 3.05) is 26.7 Å². The van der Waals surface area contributed by atoms with Gasteiger partial charge in [-0.1, -0.05) is 0 Å². The molecule has 1 saturated heterocycles. The molecule has 0 radical (unpaired) electrons. The summed E-state index contributed by atoms with van der Waals surface area (Å²) in [5, 5.41) is 0. The van der Waals surface area contributed by atoms with Gasteiger partial charge in [-0.05, 0) is 51.1 Å². The van der Waals surface area contributed by atoms with E-state index >= 15 is 0 Å². The quantitative estimate of drug-likeness (QED) is 0.801. The van der Waals surface area contributed by atoms with Crippen LogP contribution in [-0.4, -0.2) is 31.6 Å². The predicted molar refractivity (Wildman–Crippen MR) is 66.9 cm³/mol. The predicted octanol–water partition coefficient (Wildman–Crippen LogP) is 2.85. The highest BCUT2D eigenvalue weighted by molar-refractivity contribution is 5.28. The summed E-state index contributed by atoms with van der Waals surface area (Å²) in [5.74, 6) is 0.994. The van der Waals surface area contributed by atoms with Crippen LogP contribution in [0.4, 0.5) is 4.39 Å². The molecule has 1 atom stereocenters. The molecular formula is C14H20FNO. The molecule has 1 aromatic carbocycles. The first-order valence-corrected chi connectivity index (χ1v) is 6.22. The maximum Gasteiger partial charge on any atom is 0.127 e. The maximum absolute atomic E-state index is 13.2. The van der Waals surface area contributed by atoms with Crippen LogP contribution in [0.15, 0.2) is 18.2 Å². The van der Waals surface area contributed by atoms with Crippen molar-refractivity contribution < 1.29 is 9.13 Å². The summed E-state index contributed by atoms with van der Waals surface area (Å²) in [6.45, 7) is 4.82. The Hall–Kier alpha value is -1.09. The average Bonchev–Trinajstić information content (AvgIpc) is 2.25. The minimum Gasteiger partial charge on any atom is -0.493 e. The van der Waals surface area contributed by atoms with Gasteiger partial charge in [0.2, 0.25) is 0 Å². The van der Waals surface area contributed by atoms with E-state index in [2.05, 4.69) is 11.9 Å². The second kappa shape index (κ2) is 5.50. The fourth-order valence-corrected chi connectivity index (χ4v) is 2.41. The highest BCUT2D eigenvalue weighted by Gasteiger charge is 2.17. The number of rotatable bonds is 3. The zero-order valence-corrected chi connectivity index (χ0v) is 10.6. The van der Waals surface area contributed by atoms with E-state index < -0.39 is 0 Å². The van der Waals surface area contributed by atoms with Crippen molar-refractivity contribution in [2.24, 2.45) is 5.92 Å². The third-order valence-electron chi connectivity index (χ3n) is 3.22. The van der Waals surface area contributed by atoms with Crippen LogP contribution in [0.1, 0.15) is 18.4 Å². The standard InChI is InChI=1S/C14H20FNO/c1-11-6-13(15)8-14(7-11)17-10-12-4-3-5-16(2)9-12/h6-8,12H,3-5,9-10H2,1-2H3. The molecular weight excluding hydrogens is 217 g/mol. The maximum atomic E-state index is 13.2. The van der Waals surface area contributed by atoms with Crippen LogP contribution in [0.3, 0.4) is 0 Å². The van der Waals surface area contributed by atoms with Gasteiger partial charge in [-0.15, -0.1) is 0 Å². The van der Waals surface area contributed by atoms with Gasteiger partial charge in [0.25, 0.3) is 0 Å². The van der Waals surface area contributed by atoms with Gasteiger partial charge in [0.15, 0.2) is 0 Å². The molecule has 17 heavy (non-hydrogen) atoms. The monoisotopic (exact) mass is 237 g/mol. The Morgan fingerprint density at radius 1 is 1.41 bits per heavy atom. The molecule has 1 aliphatic rings. The molecule has 3 heteroatoms. The van der Waals surface area contributed by atoms with Crippen molar-refractivity contribution in [3.05, 3.63) is 29.6 Å². The first-order valence-electron chi connectivity index (χ1n) is 6.22. The van der Waals surface area contributed by atoms with Crippen LogP contribution in [0, 0.1) is 18.7 Å². The largest absolute Gasteiger partial charge is 0.493 e. The van der Waals surface area contributed by atoms with E-state index in [-0.39, 0.29) is 5.82 Å². The van der Waals surface area contributed by atoms with Crippen LogP contribution in [-0.2, 0) is 0 Å². The normalized spacial score (nSPS) is 21.5. The van der Waals surface area contributed by atoms with Crippen molar-refractivity contribution in [2.45, 2.75) is 19.8 Å². The molecule has 2 rings (SSSR count). The highest BCUT2D eigenvalue weighted by Crippen LogP contribution is 2.19. The first-order chi connectivity index (χ1) is 8.13. The lowest BCUT2D eigenvalue weighted by Crippen LogP contribution is -2.34. The summed E-state index contributed by atoms with van der Waals surface area (Å²) in [7, 11) is 2.14. The third kappa shape index (κ3) is 3.70. The Morgan fingerprint density at radius 3 is 2.94 bits per heavy atom. The van der Waals surface area contributed by atoms with Gasteiger partial charge < -0.3 is 9.64 Å². The summed E-state index contributed by atoms with van der Waals surface area (Å²) in [6, 6.07) is 4.86. The Labute approximate surface area is 102 Å². The Bertz CT molecular complexity index is 360. The van der Waals surface area contributed by atoms with Gasteiger partial charge in [0.1, 0.15) is 11.6 Å². The molecule has 0 bridgehead atoms. The lowest BCUT2D eigenvalue weighted by molar-refractivity contribution is 0.150. The van der Waals surface area contributed by atoms with E-state index in [1.807, 2.05) is 13.0 Å². The van der Waals surface area contributed by atoms with Crippen LogP contribution < -0.4 is 4.74 Å². The molecule has 0 amide bonds. The third-order valence-corrected chi connectivity index (χ3v) is 3.22. The smallest absolute Gasteiger partial charge is 0.127 e. The molecule has 94 valence electrons. The SMILES string of the molecule is Cc1cc(F)cc(OCC2CCCN(C)C2)c1. The van der Waals surface area contributed by atoms with Crippen molar-refractivity contribution >= 4 is 0 Å². The minimum atomic E-state index is -0.222. The van der Waals surface area contributed by atoms with Gasteiger partial charge in [-0.2, -0.15) is 0 Å². The summed E-state index contributed by atoms with van der Waals surface area (Å²) >= 11 is 0. The van der Waals surface area contributed by atoms with E-state index in [0.717, 1.165) is 12.1 Å². The lowest BCUT2D eigenvalue weighted by Gasteiger charge is -2.29. The lowest BCUT2D eigenvalue weighted by atomic mass is 9.99. The number of nitrogens with zero attached hydrogens (tertiary/aromatic N) is 1. The summed E-state index contributed by atoms with van der Waals surface area (Å²) in [6.07, 6.45) is 2.44. The summed E-state index contributed by atoms with van der Waals surface area (Å²) in [4.78, 5) is 2.33. The molecule has 1 unspecified atom stereocenters.